The zero-order chi connectivity index (χ0) is 21.6. The van der Waals surface area contributed by atoms with Gasteiger partial charge in [-0.25, -0.2) is 0 Å². The maximum Gasteiger partial charge on any atom is 0.193 e. The molecule has 0 spiro atoms. The van der Waals surface area contributed by atoms with E-state index >= 15 is 0 Å². The van der Waals surface area contributed by atoms with E-state index in [1.807, 2.05) is 60.7 Å². The van der Waals surface area contributed by atoms with Crippen molar-refractivity contribution in [2.24, 2.45) is 5.41 Å². The van der Waals surface area contributed by atoms with Crippen molar-refractivity contribution in [3.63, 3.8) is 0 Å². The molecule has 156 valence electrons. The van der Waals surface area contributed by atoms with Crippen LogP contribution in [-0.4, -0.2) is 11.6 Å². The van der Waals surface area contributed by atoms with Crippen LogP contribution in [0.5, 0.6) is 0 Å². The van der Waals surface area contributed by atoms with E-state index in [0.717, 1.165) is 23.5 Å². The zero-order valence-electron chi connectivity index (χ0n) is 17.6. The first-order valence-electron chi connectivity index (χ1n) is 10.5. The van der Waals surface area contributed by atoms with Crippen LogP contribution in [0.2, 0.25) is 0 Å². The molecule has 1 atom stereocenters. The van der Waals surface area contributed by atoms with Gasteiger partial charge in [0.05, 0.1) is 17.6 Å². The fourth-order valence-electron chi connectivity index (χ4n) is 4.51. The van der Waals surface area contributed by atoms with E-state index in [2.05, 4.69) is 24.5 Å². The molecule has 5 heteroatoms. The number of nitrogens with one attached hydrogen (secondary N) is 2. The number of hydrogen-bond donors (Lipinski definition) is 2. The highest BCUT2D eigenvalue weighted by molar-refractivity contribution is 6.10. The van der Waals surface area contributed by atoms with Gasteiger partial charge in [0.1, 0.15) is 11.8 Å². The van der Waals surface area contributed by atoms with Crippen LogP contribution in [0.25, 0.3) is 0 Å². The Morgan fingerprint density at radius 2 is 1.77 bits per heavy atom. The number of benzene rings is 2. The number of allylic oxidation sites excluding steroid dienone is 1. The molecule has 5 nitrogen and oxygen atoms in total. The fraction of sp³-hybridized carbons (Fsp3) is 0.231. The second-order valence-corrected chi connectivity index (χ2v) is 9.01. The minimum absolute atomic E-state index is 0.0358. The van der Waals surface area contributed by atoms with E-state index in [9.17, 15) is 9.59 Å². The van der Waals surface area contributed by atoms with Crippen LogP contribution in [0, 0.1) is 5.41 Å². The van der Waals surface area contributed by atoms with Crippen molar-refractivity contribution in [1.82, 2.24) is 0 Å². The van der Waals surface area contributed by atoms with E-state index < -0.39 is 0 Å². The summed E-state index contributed by atoms with van der Waals surface area (Å²) in [5.74, 6) is 0.770. The Morgan fingerprint density at radius 3 is 2.52 bits per heavy atom. The van der Waals surface area contributed by atoms with Crippen LogP contribution in [0.1, 0.15) is 54.4 Å². The lowest BCUT2D eigenvalue weighted by Crippen LogP contribution is -2.31. The van der Waals surface area contributed by atoms with Crippen LogP contribution < -0.4 is 10.6 Å². The molecule has 0 bridgehead atoms. The third-order valence-electron chi connectivity index (χ3n) is 5.94. The first-order valence-corrected chi connectivity index (χ1v) is 10.5. The quantitative estimate of drug-likeness (QED) is 0.537. The van der Waals surface area contributed by atoms with E-state index in [-0.39, 0.29) is 23.0 Å². The summed E-state index contributed by atoms with van der Waals surface area (Å²) in [5, 5.41) is 6.97. The Hall–Kier alpha value is -3.60. The van der Waals surface area contributed by atoms with Gasteiger partial charge in [-0.3, -0.25) is 9.59 Å². The summed E-state index contributed by atoms with van der Waals surface area (Å²) in [6.45, 7) is 4.21. The number of Topliss-reactive ketones (excluding diaryl/α,β-unsaturated/α-hetero) is 1. The molecule has 2 aromatic carbocycles. The third-order valence-corrected chi connectivity index (χ3v) is 5.94. The number of rotatable bonds is 3. The van der Waals surface area contributed by atoms with Crippen LogP contribution in [0.4, 0.5) is 11.4 Å². The van der Waals surface area contributed by atoms with Gasteiger partial charge in [0.2, 0.25) is 0 Å². The lowest BCUT2D eigenvalue weighted by Gasteiger charge is -2.33. The molecule has 2 N–H and O–H groups in total. The lowest BCUT2D eigenvalue weighted by molar-refractivity contribution is -0.118. The third kappa shape index (κ3) is 3.56. The highest BCUT2D eigenvalue weighted by Crippen LogP contribution is 2.45. The Balaban J connectivity index is 1.60. The van der Waals surface area contributed by atoms with Gasteiger partial charge in [-0.1, -0.05) is 44.2 Å². The smallest absolute Gasteiger partial charge is 0.193 e. The van der Waals surface area contributed by atoms with Crippen LogP contribution >= 0.6 is 0 Å². The summed E-state index contributed by atoms with van der Waals surface area (Å²) in [6, 6.07) is 18.1. The van der Waals surface area contributed by atoms with Crippen molar-refractivity contribution in [2.75, 3.05) is 10.6 Å². The van der Waals surface area contributed by atoms with Gasteiger partial charge in [0.25, 0.3) is 0 Å². The molecule has 0 fully saturated rings. The molecule has 3 aromatic rings. The molecule has 5 rings (SSSR count). The summed E-state index contributed by atoms with van der Waals surface area (Å²) in [7, 11) is 0. The van der Waals surface area contributed by atoms with Crippen molar-refractivity contribution in [3.05, 3.63) is 95.1 Å². The number of ketones is 2. The summed E-state index contributed by atoms with van der Waals surface area (Å²) in [4.78, 5) is 26.2. The van der Waals surface area contributed by atoms with E-state index in [1.54, 1.807) is 6.26 Å². The van der Waals surface area contributed by atoms with Gasteiger partial charge in [-0.05, 0) is 42.2 Å². The Morgan fingerprint density at radius 1 is 0.968 bits per heavy atom. The number of hydrogen-bond acceptors (Lipinski definition) is 5. The molecular weight excluding hydrogens is 388 g/mol. The maximum atomic E-state index is 13.2. The number of fused-ring (bicyclic) bond motifs is 1. The van der Waals surface area contributed by atoms with Gasteiger partial charge < -0.3 is 15.1 Å². The topological polar surface area (TPSA) is 71.3 Å². The Labute approximate surface area is 181 Å². The van der Waals surface area contributed by atoms with Gasteiger partial charge >= 0.3 is 0 Å². The highest BCUT2D eigenvalue weighted by atomic mass is 16.3. The Bertz CT molecular complexity index is 1190. The number of carbonyl (C=O) groups is 2. The number of furan rings is 1. The molecule has 0 radical (unpaired) electrons. The van der Waals surface area contributed by atoms with E-state index in [0.29, 0.717) is 28.9 Å². The number of carbonyl (C=O) groups excluding carboxylic acids is 2. The van der Waals surface area contributed by atoms with E-state index in [4.69, 9.17) is 4.42 Å². The first-order chi connectivity index (χ1) is 14.9. The highest BCUT2D eigenvalue weighted by Gasteiger charge is 2.39. The average molecular weight is 412 g/mol. The lowest BCUT2D eigenvalue weighted by atomic mass is 9.74. The molecule has 1 aromatic heterocycles. The van der Waals surface area contributed by atoms with Crippen molar-refractivity contribution < 1.29 is 14.0 Å². The Kier molecular flexibility index (Phi) is 4.54. The van der Waals surface area contributed by atoms with Gasteiger partial charge in [-0.2, -0.15) is 0 Å². The van der Waals surface area contributed by atoms with Crippen LogP contribution in [0.15, 0.2) is 82.6 Å². The second-order valence-electron chi connectivity index (χ2n) is 9.01. The summed E-state index contributed by atoms with van der Waals surface area (Å²) >= 11 is 0. The van der Waals surface area contributed by atoms with Gasteiger partial charge in [0, 0.05) is 28.8 Å². The minimum atomic E-state index is -0.377. The molecule has 1 unspecified atom stereocenters. The molecule has 31 heavy (non-hydrogen) atoms. The average Bonchev–Trinajstić information content (AvgIpc) is 3.22. The van der Waals surface area contributed by atoms with Crippen molar-refractivity contribution >= 4 is 22.9 Å². The molecule has 2 aliphatic rings. The molecule has 2 heterocycles. The summed E-state index contributed by atoms with van der Waals surface area (Å²) in [5.41, 5.74) is 4.31. The second kappa shape index (κ2) is 7.27. The molecule has 0 amide bonds. The van der Waals surface area contributed by atoms with Crippen molar-refractivity contribution in [1.29, 1.82) is 0 Å². The SMILES string of the molecule is CC1(C)CC(=O)C2=C(C1)Nc1cc(C(=O)c3ccccc3)ccc1NC2c1ccco1. The maximum absolute atomic E-state index is 13.2. The molecule has 1 aliphatic carbocycles. The number of anilines is 2. The normalized spacial score (nSPS) is 19.5. The summed E-state index contributed by atoms with van der Waals surface area (Å²) in [6.07, 6.45) is 2.85. The molecule has 0 saturated carbocycles. The van der Waals surface area contributed by atoms with Crippen LogP contribution in [0.3, 0.4) is 0 Å². The van der Waals surface area contributed by atoms with E-state index in [1.165, 1.54) is 0 Å². The largest absolute Gasteiger partial charge is 0.467 e. The van der Waals surface area contributed by atoms with Gasteiger partial charge in [-0.15, -0.1) is 0 Å². The monoisotopic (exact) mass is 412 g/mol. The van der Waals surface area contributed by atoms with Crippen molar-refractivity contribution in [3.8, 4) is 0 Å². The van der Waals surface area contributed by atoms with Gasteiger partial charge in [0.15, 0.2) is 11.6 Å². The van der Waals surface area contributed by atoms with Crippen molar-refractivity contribution in [2.45, 2.75) is 32.7 Å². The molecule has 1 aliphatic heterocycles. The minimum Gasteiger partial charge on any atom is -0.467 e. The van der Waals surface area contributed by atoms with Crippen LogP contribution in [-0.2, 0) is 4.79 Å². The predicted molar refractivity (Wildman–Crippen MR) is 120 cm³/mol. The molecule has 0 saturated heterocycles. The zero-order valence-corrected chi connectivity index (χ0v) is 17.6. The first kappa shape index (κ1) is 19.4. The predicted octanol–water partition coefficient (Wildman–Crippen LogP) is 5.73. The molecular formula is C26H24N2O3. The standard InChI is InChI=1S/C26H24N2O3/c1-26(2)14-20-23(21(29)15-26)24(22-9-6-12-31-22)28-18-11-10-17(13-19(18)27-20)25(30)16-7-4-3-5-8-16/h3-13,24,27-28H,14-15H2,1-2H3. The summed E-state index contributed by atoms with van der Waals surface area (Å²) < 4.78 is 5.68. The fourth-order valence-corrected chi connectivity index (χ4v) is 4.51.